The molecule has 30 heavy (non-hydrogen) atoms. The molecule has 0 aliphatic carbocycles. The lowest BCUT2D eigenvalue weighted by Gasteiger charge is -2.30. The summed E-state index contributed by atoms with van der Waals surface area (Å²) in [6, 6.07) is 3.75. The van der Waals surface area contributed by atoms with Gasteiger partial charge in [0.15, 0.2) is 9.84 Å². The molecule has 1 aromatic rings. The third-order valence-electron chi connectivity index (χ3n) is 5.17. The van der Waals surface area contributed by atoms with Gasteiger partial charge in [-0.2, -0.15) is 4.31 Å². The molecular weight excluding hydrogens is 432 g/mol. The SMILES string of the molecule is CCOc1ccc(NC(C)=O)cc1S(=O)(=O)N(CC1CCCO1)C1CCS(=O)(=O)C1. The number of carbonyl (C=O) groups is 1. The van der Waals surface area contributed by atoms with Crippen molar-refractivity contribution >= 4 is 31.5 Å². The third kappa shape index (κ3) is 5.32. The van der Waals surface area contributed by atoms with Crippen LogP contribution in [-0.4, -0.2) is 70.5 Å². The third-order valence-corrected chi connectivity index (χ3v) is 8.86. The molecule has 0 spiro atoms. The summed E-state index contributed by atoms with van der Waals surface area (Å²) in [5, 5.41) is 2.58. The molecule has 2 saturated heterocycles. The van der Waals surface area contributed by atoms with Crippen LogP contribution in [0.4, 0.5) is 5.69 Å². The van der Waals surface area contributed by atoms with Crippen molar-refractivity contribution in [3.8, 4) is 5.75 Å². The van der Waals surface area contributed by atoms with Crippen LogP contribution in [0.25, 0.3) is 0 Å². The highest BCUT2D eigenvalue weighted by Gasteiger charge is 2.41. The van der Waals surface area contributed by atoms with Crippen molar-refractivity contribution < 1.29 is 31.1 Å². The van der Waals surface area contributed by atoms with Gasteiger partial charge in [0.25, 0.3) is 0 Å². The van der Waals surface area contributed by atoms with Crippen molar-refractivity contribution in [1.29, 1.82) is 0 Å². The Morgan fingerprint density at radius 1 is 1.33 bits per heavy atom. The predicted octanol–water partition coefficient (Wildman–Crippen LogP) is 1.40. The van der Waals surface area contributed by atoms with Gasteiger partial charge in [-0.05, 0) is 44.4 Å². The number of ether oxygens (including phenoxy) is 2. The van der Waals surface area contributed by atoms with Gasteiger partial charge in [-0.3, -0.25) is 4.79 Å². The van der Waals surface area contributed by atoms with Crippen LogP contribution in [0.1, 0.15) is 33.1 Å². The number of carbonyl (C=O) groups excluding carboxylic acids is 1. The number of amides is 1. The summed E-state index contributed by atoms with van der Waals surface area (Å²) in [4.78, 5) is 11.3. The number of rotatable bonds is 8. The summed E-state index contributed by atoms with van der Waals surface area (Å²) >= 11 is 0. The van der Waals surface area contributed by atoms with E-state index in [0.29, 0.717) is 12.3 Å². The molecule has 11 heteroatoms. The molecule has 2 unspecified atom stereocenters. The Bertz CT molecular complexity index is 986. The molecule has 1 amide bonds. The largest absolute Gasteiger partial charge is 0.492 e. The lowest BCUT2D eigenvalue weighted by Crippen LogP contribution is -2.45. The molecule has 168 valence electrons. The zero-order valence-electron chi connectivity index (χ0n) is 17.2. The van der Waals surface area contributed by atoms with Crippen LogP contribution in [0.5, 0.6) is 5.75 Å². The first-order valence-corrected chi connectivity index (χ1v) is 13.3. The van der Waals surface area contributed by atoms with Crippen molar-refractivity contribution in [2.45, 2.75) is 50.2 Å². The number of hydrogen-bond donors (Lipinski definition) is 1. The Labute approximate surface area is 177 Å². The summed E-state index contributed by atoms with van der Waals surface area (Å²) in [6.07, 6.45) is 1.51. The van der Waals surface area contributed by atoms with Crippen LogP contribution >= 0.6 is 0 Å². The molecule has 0 radical (unpaired) electrons. The quantitative estimate of drug-likeness (QED) is 0.623. The molecule has 2 aliphatic rings. The second kappa shape index (κ2) is 9.21. The number of hydrogen-bond acceptors (Lipinski definition) is 7. The fourth-order valence-corrected chi connectivity index (χ4v) is 7.50. The maximum absolute atomic E-state index is 13.7. The Kier molecular flexibility index (Phi) is 7.05. The zero-order chi connectivity index (χ0) is 21.9. The Morgan fingerprint density at radius 3 is 2.67 bits per heavy atom. The number of benzene rings is 1. The van der Waals surface area contributed by atoms with Crippen LogP contribution in [0, 0.1) is 0 Å². The van der Waals surface area contributed by atoms with E-state index in [1.165, 1.54) is 23.4 Å². The van der Waals surface area contributed by atoms with E-state index in [1.54, 1.807) is 13.0 Å². The molecule has 1 N–H and O–H groups in total. The van der Waals surface area contributed by atoms with Gasteiger partial charge in [-0.25, -0.2) is 16.8 Å². The van der Waals surface area contributed by atoms with E-state index in [9.17, 15) is 21.6 Å². The molecule has 2 aliphatic heterocycles. The maximum atomic E-state index is 13.7. The minimum Gasteiger partial charge on any atom is -0.492 e. The number of sulfonamides is 1. The summed E-state index contributed by atoms with van der Waals surface area (Å²) in [5.74, 6) is -0.432. The van der Waals surface area contributed by atoms with E-state index in [2.05, 4.69) is 5.32 Å². The van der Waals surface area contributed by atoms with Gasteiger partial charge in [-0.15, -0.1) is 0 Å². The molecular formula is C19H28N2O7S2. The Balaban J connectivity index is 2.03. The predicted molar refractivity (Wildman–Crippen MR) is 112 cm³/mol. The fourth-order valence-electron chi connectivity index (χ4n) is 3.83. The van der Waals surface area contributed by atoms with E-state index in [1.807, 2.05) is 0 Å². The molecule has 0 aromatic heterocycles. The Morgan fingerprint density at radius 2 is 2.10 bits per heavy atom. The lowest BCUT2D eigenvalue weighted by atomic mass is 10.2. The minimum atomic E-state index is -4.12. The summed E-state index contributed by atoms with van der Waals surface area (Å²) in [5.41, 5.74) is 0.320. The average Bonchev–Trinajstić information content (AvgIpc) is 3.29. The maximum Gasteiger partial charge on any atom is 0.247 e. The molecule has 2 fully saturated rings. The van der Waals surface area contributed by atoms with E-state index in [0.717, 1.165) is 12.8 Å². The van der Waals surface area contributed by atoms with Crippen LogP contribution in [-0.2, 0) is 29.4 Å². The molecule has 0 saturated carbocycles. The second-order valence-electron chi connectivity index (χ2n) is 7.54. The van der Waals surface area contributed by atoms with Crippen molar-refractivity contribution in [2.75, 3.05) is 36.6 Å². The minimum absolute atomic E-state index is 0.0422. The van der Waals surface area contributed by atoms with E-state index < -0.39 is 25.9 Å². The molecule has 2 atom stereocenters. The fraction of sp³-hybridized carbons (Fsp3) is 0.632. The standard InChI is InChI=1S/C19H28N2O7S2/c1-3-27-18-7-6-15(20-14(2)22)11-19(18)30(25,26)21(12-17-5-4-9-28-17)16-8-10-29(23,24)13-16/h6-7,11,16-17H,3-5,8-10,12-13H2,1-2H3,(H,20,22). The molecule has 2 heterocycles. The highest BCUT2D eigenvalue weighted by atomic mass is 32.2. The van der Waals surface area contributed by atoms with Crippen LogP contribution in [0.2, 0.25) is 0 Å². The van der Waals surface area contributed by atoms with Crippen LogP contribution in [0.3, 0.4) is 0 Å². The van der Waals surface area contributed by atoms with Gasteiger partial charge in [0, 0.05) is 31.8 Å². The zero-order valence-corrected chi connectivity index (χ0v) is 18.8. The summed E-state index contributed by atoms with van der Waals surface area (Å²) < 4.78 is 64.0. The summed E-state index contributed by atoms with van der Waals surface area (Å²) in [7, 11) is -7.42. The molecule has 9 nitrogen and oxygen atoms in total. The average molecular weight is 461 g/mol. The topological polar surface area (TPSA) is 119 Å². The van der Waals surface area contributed by atoms with Gasteiger partial charge in [0.2, 0.25) is 15.9 Å². The molecule has 0 bridgehead atoms. The van der Waals surface area contributed by atoms with Crippen LogP contribution in [0.15, 0.2) is 23.1 Å². The Hall–Kier alpha value is -1.69. The van der Waals surface area contributed by atoms with E-state index in [-0.39, 0.29) is 53.7 Å². The first kappa shape index (κ1) is 23.0. The van der Waals surface area contributed by atoms with Gasteiger partial charge >= 0.3 is 0 Å². The van der Waals surface area contributed by atoms with Gasteiger partial charge in [0.05, 0.1) is 24.2 Å². The summed E-state index contributed by atoms with van der Waals surface area (Å²) in [6.45, 7) is 3.97. The molecule has 3 rings (SSSR count). The van der Waals surface area contributed by atoms with E-state index >= 15 is 0 Å². The second-order valence-corrected chi connectivity index (χ2v) is 11.6. The first-order valence-electron chi connectivity index (χ1n) is 10.0. The normalized spacial score (nSPS) is 23.6. The van der Waals surface area contributed by atoms with Gasteiger partial charge in [0.1, 0.15) is 10.6 Å². The number of nitrogens with zero attached hydrogens (tertiary/aromatic N) is 1. The van der Waals surface area contributed by atoms with E-state index in [4.69, 9.17) is 9.47 Å². The van der Waals surface area contributed by atoms with Crippen molar-refractivity contribution in [2.24, 2.45) is 0 Å². The van der Waals surface area contributed by atoms with Crippen molar-refractivity contribution in [3.63, 3.8) is 0 Å². The van der Waals surface area contributed by atoms with Gasteiger partial charge in [-0.1, -0.05) is 0 Å². The molecule has 1 aromatic carbocycles. The van der Waals surface area contributed by atoms with Crippen molar-refractivity contribution in [1.82, 2.24) is 4.31 Å². The monoisotopic (exact) mass is 460 g/mol. The highest BCUT2D eigenvalue weighted by molar-refractivity contribution is 7.92. The first-order chi connectivity index (χ1) is 14.1. The lowest BCUT2D eigenvalue weighted by molar-refractivity contribution is -0.114. The van der Waals surface area contributed by atoms with Gasteiger partial charge < -0.3 is 14.8 Å². The van der Waals surface area contributed by atoms with Crippen molar-refractivity contribution in [3.05, 3.63) is 18.2 Å². The number of anilines is 1. The van der Waals surface area contributed by atoms with Crippen LogP contribution < -0.4 is 10.1 Å². The number of nitrogens with one attached hydrogen (secondary N) is 1. The highest BCUT2D eigenvalue weighted by Crippen LogP contribution is 2.34. The number of sulfone groups is 1. The smallest absolute Gasteiger partial charge is 0.247 e.